The van der Waals surface area contributed by atoms with Crippen LogP contribution in [0.1, 0.15) is 50.7 Å². The molecule has 0 saturated carbocycles. The van der Waals surface area contributed by atoms with Crippen LogP contribution in [0.4, 0.5) is 0 Å². The Balaban J connectivity index is 1.82. The number of aryl methyl sites for hydroxylation is 1. The van der Waals surface area contributed by atoms with Crippen molar-refractivity contribution in [2.45, 2.75) is 63.7 Å². The molecule has 2 heterocycles. The largest absolute Gasteiger partial charge is 0.370 e. The molecule has 1 aromatic rings. The maximum atomic E-state index is 13.0. The SMILES string of the molecule is Cc1ccc(/C=C/C(=O)N2CCC[C@]23CC(C)(C)O[C@H]3CC(N)=O)cc1. The first-order valence-corrected chi connectivity index (χ1v) is 9.24. The van der Waals surface area contributed by atoms with Crippen molar-refractivity contribution in [1.29, 1.82) is 0 Å². The molecular weight excluding hydrogens is 328 g/mol. The van der Waals surface area contributed by atoms with Gasteiger partial charge >= 0.3 is 0 Å². The van der Waals surface area contributed by atoms with Crippen LogP contribution in [0.2, 0.25) is 0 Å². The Bertz CT molecular complexity index is 723. The van der Waals surface area contributed by atoms with Gasteiger partial charge < -0.3 is 15.4 Å². The number of ether oxygens (including phenoxy) is 1. The van der Waals surface area contributed by atoms with Gasteiger partial charge in [-0.25, -0.2) is 0 Å². The van der Waals surface area contributed by atoms with E-state index in [1.807, 2.05) is 56.0 Å². The van der Waals surface area contributed by atoms with Crippen molar-refractivity contribution in [2.24, 2.45) is 5.73 Å². The van der Waals surface area contributed by atoms with E-state index in [4.69, 9.17) is 10.5 Å². The molecule has 2 fully saturated rings. The van der Waals surface area contributed by atoms with Crippen LogP contribution in [0, 0.1) is 6.92 Å². The van der Waals surface area contributed by atoms with Crippen LogP contribution >= 0.6 is 0 Å². The van der Waals surface area contributed by atoms with Gasteiger partial charge in [-0.2, -0.15) is 0 Å². The lowest BCUT2D eigenvalue weighted by Gasteiger charge is -2.38. The lowest BCUT2D eigenvalue weighted by molar-refractivity contribution is -0.135. The first-order valence-electron chi connectivity index (χ1n) is 9.24. The fourth-order valence-electron chi connectivity index (χ4n) is 4.49. The van der Waals surface area contributed by atoms with Crippen molar-refractivity contribution in [3.8, 4) is 0 Å². The van der Waals surface area contributed by atoms with Crippen LogP contribution in [0.3, 0.4) is 0 Å². The zero-order valence-electron chi connectivity index (χ0n) is 15.8. The molecular formula is C21H28N2O3. The molecule has 2 aliphatic rings. The van der Waals surface area contributed by atoms with Gasteiger partial charge in [0.25, 0.3) is 0 Å². The fraction of sp³-hybridized carbons (Fsp3) is 0.524. The minimum Gasteiger partial charge on any atom is -0.370 e. The number of hydrogen-bond donors (Lipinski definition) is 1. The molecule has 0 radical (unpaired) electrons. The molecule has 5 nitrogen and oxygen atoms in total. The van der Waals surface area contributed by atoms with E-state index in [9.17, 15) is 9.59 Å². The van der Waals surface area contributed by atoms with Crippen LogP contribution in [0.15, 0.2) is 30.3 Å². The number of amides is 2. The van der Waals surface area contributed by atoms with Gasteiger partial charge in [0.1, 0.15) is 0 Å². The maximum Gasteiger partial charge on any atom is 0.247 e. The number of benzene rings is 1. The van der Waals surface area contributed by atoms with Crippen molar-refractivity contribution in [3.05, 3.63) is 41.5 Å². The van der Waals surface area contributed by atoms with E-state index in [0.717, 1.165) is 24.8 Å². The van der Waals surface area contributed by atoms with Crippen molar-refractivity contribution in [2.75, 3.05) is 6.54 Å². The van der Waals surface area contributed by atoms with Gasteiger partial charge in [-0.1, -0.05) is 29.8 Å². The zero-order chi connectivity index (χ0) is 18.9. The second-order valence-electron chi connectivity index (χ2n) is 8.15. The molecule has 2 amide bonds. The number of rotatable bonds is 4. The molecule has 26 heavy (non-hydrogen) atoms. The number of nitrogens with zero attached hydrogens (tertiary/aromatic N) is 1. The average molecular weight is 356 g/mol. The first kappa shape index (κ1) is 18.6. The highest BCUT2D eigenvalue weighted by molar-refractivity contribution is 5.92. The van der Waals surface area contributed by atoms with Crippen molar-refractivity contribution < 1.29 is 14.3 Å². The minimum absolute atomic E-state index is 0.0288. The lowest BCUT2D eigenvalue weighted by atomic mass is 9.82. The van der Waals surface area contributed by atoms with E-state index >= 15 is 0 Å². The smallest absolute Gasteiger partial charge is 0.247 e. The Morgan fingerprint density at radius 1 is 1.31 bits per heavy atom. The Kier molecular flexibility index (Phi) is 4.93. The summed E-state index contributed by atoms with van der Waals surface area (Å²) in [6, 6.07) is 8.04. The normalized spacial score (nSPS) is 27.5. The van der Waals surface area contributed by atoms with E-state index in [1.54, 1.807) is 6.08 Å². The van der Waals surface area contributed by atoms with Gasteiger partial charge in [0.05, 0.1) is 23.7 Å². The molecule has 0 unspecified atom stereocenters. The van der Waals surface area contributed by atoms with Crippen molar-refractivity contribution >= 4 is 17.9 Å². The van der Waals surface area contributed by atoms with E-state index in [-0.39, 0.29) is 29.9 Å². The van der Waals surface area contributed by atoms with Crippen LogP contribution in [-0.4, -0.2) is 40.5 Å². The number of likely N-dealkylation sites (tertiary alicyclic amines) is 1. The third-order valence-corrected chi connectivity index (χ3v) is 5.47. The van der Waals surface area contributed by atoms with Gasteiger partial charge in [-0.15, -0.1) is 0 Å². The molecule has 5 heteroatoms. The maximum absolute atomic E-state index is 13.0. The molecule has 0 aromatic heterocycles. The molecule has 0 bridgehead atoms. The van der Waals surface area contributed by atoms with E-state index in [0.29, 0.717) is 6.54 Å². The fourth-order valence-corrected chi connectivity index (χ4v) is 4.49. The Morgan fingerprint density at radius 3 is 2.65 bits per heavy atom. The predicted octanol–water partition coefficient (Wildman–Crippen LogP) is 2.81. The lowest BCUT2D eigenvalue weighted by Crippen LogP contribution is -2.53. The number of carbonyl (C=O) groups is 2. The summed E-state index contributed by atoms with van der Waals surface area (Å²) in [4.78, 5) is 26.4. The molecule has 140 valence electrons. The second kappa shape index (κ2) is 6.88. The second-order valence-corrected chi connectivity index (χ2v) is 8.15. The standard InChI is InChI=1S/C21H28N2O3/c1-15-5-7-16(8-6-15)9-10-19(25)23-12-4-11-21(23)14-20(2,3)26-17(21)13-18(22)24/h5-10,17H,4,11-14H2,1-3H3,(H2,22,24)/b10-9+/t17-,21+/m0/s1. The highest BCUT2D eigenvalue weighted by Gasteiger charge is 2.58. The van der Waals surface area contributed by atoms with E-state index in [1.165, 1.54) is 5.56 Å². The predicted molar refractivity (Wildman–Crippen MR) is 101 cm³/mol. The molecule has 2 saturated heterocycles. The van der Waals surface area contributed by atoms with Gasteiger partial charge in [0.2, 0.25) is 11.8 Å². The molecule has 1 spiro atoms. The average Bonchev–Trinajstić information content (AvgIpc) is 3.07. The van der Waals surface area contributed by atoms with Crippen molar-refractivity contribution in [3.63, 3.8) is 0 Å². The highest BCUT2D eigenvalue weighted by Crippen LogP contribution is 2.48. The van der Waals surface area contributed by atoms with E-state index in [2.05, 4.69) is 0 Å². The van der Waals surface area contributed by atoms with Crippen molar-refractivity contribution in [1.82, 2.24) is 4.90 Å². The molecule has 2 aliphatic heterocycles. The summed E-state index contributed by atoms with van der Waals surface area (Å²) < 4.78 is 6.13. The molecule has 2 atom stereocenters. The number of carbonyl (C=O) groups excluding carboxylic acids is 2. The molecule has 0 aliphatic carbocycles. The summed E-state index contributed by atoms with van der Waals surface area (Å²) in [5.74, 6) is -0.416. The van der Waals surface area contributed by atoms with Gasteiger partial charge in [-0.05, 0) is 45.3 Å². The summed E-state index contributed by atoms with van der Waals surface area (Å²) in [5.41, 5.74) is 6.82. The highest BCUT2D eigenvalue weighted by atomic mass is 16.5. The Morgan fingerprint density at radius 2 is 2.00 bits per heavy atom. The quantitative estimate of drug-likeness (QED) is 0.843. The summed E-state index contributed by atoms with van der Waals surface area (Å²) in [5, 5.41) is 0. The Hall–Kier alpha value is -2.14. The Labute approximate surface area is 155 Å². The van der Waals surface area contributed by atoms with Crippen LogP contribution < -0.4 is 5.73 Å². The summed E-state index contributed by atoms with van der Waals surface area (Å²) in [6.07, 6.45) is 5.77. The zero-order valence-corrected chi connectivity index (χ0v) is 15.8. The van der Waals surface area contributed by atoms with Gasteiger partial charge in [-0.3, -0.25) is 9.59 Å². The van der Waals surface area contributed by atoms with Crippen LogP contribution in [0.25, 0.3) is 6.08 Å². The molecule has 2 N–H and O–H groups in total. The monoisotopic (exact) mass is 356 g/mol. The number of primary amides is 1. The summed E-state index contributed by atoms with van der Waals surface area (Å²) >= 11 is 0. The first-order chi connectivity index (χ1) is 12.2. The van der Waals surface area contributed by atoms with Crippen LogP contribution in [0.5, 0.6) is 0 Å². The van der Waals surface area contributed by atoms with Gasteiger partial charge in [0, 0.05) is 19.0 Å². The third kappa shape index (κ3) is 3.68. The summed E-state index contributed by atoms with van der Waals surface area (Å²) in [7, 11) is 0. The molecule has 3 rings (SSSR count). The topological polar surface area (TPSA) is 72.6 Å². The number of hydrogen-bond acceptors (Lipinski definition) is 3. The third-order valence-electron chi connectivity index (χ3n) is 5.47. The van der Waals surface area contributed by atoms with Crippen LogP contribution in [-0.2, 0) is 14.3 Å². The number of nitrogens with two attached hydrogens (primary N) is 1. The molecule has 1 aromatic carbocycles. The van der Waals surface area contributed by atoms with E-state index < -0.39 is 5.54 Å². The minimum atomic E-state index is -0.437. The summed E-state index contributed by atoms with van der Waals surface area (Å²) in [6.45, 7) is 6.75. The van der Waals surface area contributed by atoms with Gasteiger partial charge in [0.15, 0.2) is 0 Å².